The summed E-state index contributed by atoms with van der Waals surface area (Å²) < 4.78 is 27.2. The fourth-order valence-corrected chi connectivity index (χ4v) is 2.82. The molecule has 0 radical (unpaired) electrons. The lowest BCUT2D eigenvalue weighted by molar-refractivity contribution is -0.142. The highest BCUT2D eigenvalue weighted by Crippen LogP contribution is 2.04. The summed E-state index contributed by atoms with van der Waals surface area (Å²) in [6, 6.07) is 0. The predicted molar refractivity (Wildman–Crippen MR) is 69.5 cm³/mol. The van der Waals surface area contributed by atoms with Gasteiger partial charge < -0.3 is 4.74 Å². The van der Waals surface area contributed by atoms with Gasteiger partial charge in [-0.25, -0.2) is 8.42 Å². The second kappa shape index (κ2) is 6.15. The van der Waals surface area contributed by atoms with Crippen molar-refractivity contribution in [1.82, 2.24) is 4.90 Å². The number of alkyl halides is 1. The highest BCUT2D eigenvalue weighted by atomic mass is 127. The third kappa shape index (κ3) is 4.96. The number of hydrogen-bond acceptors (Lipinski definition) is 5. The summed E-state index contributed by atoms with van der Waals surface area (Å²) >= 11 is 2.00. The zero-order valence-electron chi connectivity index (χ0n) is 9.19. The van der Waals surface area contributed by atoms with Gasteiger partial charge >= 0.3 is 5.97 Å². The van der Waals surface area contributed by atoms with Gasteiger partial charge in [-0.1, -0.05) is 22.6 Å². The number of hydrogen-bond donors (Lipinski definition) is 0. The molecule has 0 aromatic rings. The smallest absolute Gasteiger partial charge is 0.318 e. The molecular formula is C9H16INO4S. The van der Waals surface area contributed by atoms with Crippen LogP contribution in [0.5, 0.6) is 0 Å². The molecule has 1 fully saturated rings. The van der Waals surface area contributed by atoms with Crippen LogP contribution in [0.3, 0.4) is 0 Å². The van der Waals surface area contributed by atoms with Crippen molar-refractivity contribution < 1.29 is 17.9 Å². The van der Waals surface area contributed by atoms with E-state index in [1.54, 1.807) is 6.92 Å². The minimum Gasteiger partial charge on any atom is -0.464 e. The van der Waals surface area contributed by atoms with Gasteiger partial charge in [0.05, 0.1) is 11.5 Å². The molecule has 1 unspecified atom stereocenters. The normalized spacial score (nSPS) is 22.6. The van der Waals surface area contributed by atoms with Crippen molar-refractivity contribution >= 4 is 38.4 Å². The van der Waals surface area contributed by atoms with E-state index in [4.69, 9.17) is 4.74 Å². The summed E-state index contributed by atoms with van der Waals surface area (Å²) in [6.45, 7) is 3.81. The highest BCUT2D eigenvalue weighted by Gasteiger charge is 2.21. The van der Waals surface area contributed by atoms with Gasteiger partial charge in [-0.05, 0) is 6.92 Å². The summed E-state index contributed by atoms with van der Waals surface area (Å²) in [7, 11) is -2.82. The van der Waals surface area contributed by atoms with Crippen molar-refractivity contribution in [1.29, 1.82) is 0 Å². The molecule has 0 spiro atoms. The van der Waals surface area contributed by atoms with E-state index in [1.165, 1.54) is 0 Å². The Bertz CT molecular complexity index is 327. The summed E-state index contributed by atoms with van der Waals surface area (Å²) in [5.41, 5.74) is 0. The first-order valence-electron chi connectivity index (χ1n) is 5.14. The van der Waals surface area contributed by atoms with E-state index in [-0.39, 0.29) is 21.4 Å². The van der Waals surface area contributed by atoms with Crippen LogP contribution in [0.2, 0.25) is 0 Å². The molecule has 94 valence electrons. The van der Waals surface area contributed by atoms with Gasteiger partial charge in [-0.15, -0.1) is 0 Å². The molecule has 16 heavy (non-hydrogen) atoms. The molecule has 0 saturated carbocycles. The summed E-state index contributed by atoms with van der Waals surface area (Å²) in [5, 5.41) is 0. The monoisotopic (exact) mass is 361 g/mol. The minimum atomic E-state index is -2.82. The fourth-order valence-electron chi connectivity index (χ4n) is 1.36. The van der Waals surface area contributed by atoms with Gasteiger partial charge in [0.15, 0.2) is 9.84 Å². The second-order valence-corrected chi connectivity index (χ2v) is 7.95. The van der Waals surface area contributed by atoms with E-state index >= 15 is 0 Å². The highest BCUT2D eigenvalue weighted by molar-refractivity contribution is 14.1. The van der Waals surface area contributed by atoms with E-state index in [0.29, 0.717) is 26.2 Å². The Hall–Kier alpha value is 0.110. The summed E-state index contributed by atoms with van der Waals surface area (Å²) in [5.74, 6) is 0.206. The maximum atomic E-state index is 11.2. The van der Waals surface area contributed by atoms with Crippen LogP contribution in [0, 0.1) is 0 Å². The van der Waals surface area contributed by atoms with Crippen LogP contribution in [0.4, 0.5) is 0 Å². The Morgan fingerprint density at radius 3 is 2.50 bits per heavy atom. The van der Waals surface area contributed by atoms with Crippen LogP contribution in [0.1, 0.15) is 6.92 Å². The average Bonchev–Trinajstić information content (AvgIpc) is 2.20. The molecule has 1 rings (SSSR count). The number of rotatable bonds is 4. The van der Waals surface area contributed by atoms with Gasteiger partial charge in [0.1, 0.15) is 10.5 Å². The van der Waals surface area contributed by atoms with E-state index in [2.05, 4.69) is 0 Å². The predicted octanol–water partition coefficient (Wildman–Crippen LogP) is 0.0835. The SMILES string of the molecule is CC(I)C(=O)OCCN1CCS(=O)(=O)CC1. The molecule has 1 saturated heterocycles. The van der Waals surface area contributed by atoms with Crippen LogP contribution in [-0.2, 0) is 19.4 Å². The first kappa shape index (κ1) is 14.2. The van der Waals surface area contributed by atoms with Gasteiger partial charge in [0, 0.05) is 19.6 Å². The van der Waals surface area contributed by atoms with Crippen LogP contribution in [0.25, 0.3) is 0 Å². The zero-order valence-corrected chi connectivity index (χ0v) is 12.2. The molecule has 0 N–H and O–H groups in total. The number of nitrogens with zero attached hydrogens (tertiary/aromatic N) is 1. The van der Waals surface area contributed by atoms with Gasteiger partial charge in [0.2, 0.25) is 0 Å². The number of sulfone groups is 1. The lowest BCUT2D eigenvalue weighted by Crippen LogP contribution is -2.42. The lowest BCUT2D eigenvalue weighted by atomic mass is 10.4. The second-order valence-electron chi connectivity index (χ2n) is 3.78. The lowest BCUT2D eigenvalue weighted by Gasteiger charge is -2.26. The zero-order chi connectivity index (χ0) is 12.2. The quantitative estimate of drug-likeness (QED) is 0.403. The summed E-state index contributed by atoms with van der Waals surface area (Å²) in [4.78, 5) is 13.1. The number of ether oxygens (including phenoxy) is 1. The molecule has 1 aliphatic rings. The van der Waals surface area contributed by atoms with Crippen molar-refractivity contribution in [2.24, 2.45) is 0 Å². The van der Waals surface area contributed by atoms with Crippen molar-refractivity contribution in [3.05, 3.63) is 0 Å². The molecule has 0 bridgehead atoms. The number of halogens is 1. The van der Waals surface area contributed by atoms with Crippen LogP contribution in [-0.4, -0.2) is 61.0 Å². The molecule has 7 heteroatoms. The Kier molecular flexibility index (Phi) is 5.45. The molecular weight excluding hydrogens is 345 g/mol. The first-order valence-corrected chi connectivity index (χ1v) is 8.21. The molecule has 0 amide bonds. The van der Waals surface area contributed by atoms with Crippen molar-refractivity contribution in [2.75, 3.05) is 37.7 Å². The molecule has 1 heterocycles. The number of carbonyl (C=O) groups excluding carboxylic acids is 1. The summed E-state index contributed by atoms with van der Waals surface area (Å²) in [6.07, 6.45) is 0. The van der Waals surface area contributed by atoms with E-state index < -0.39 is 9.84 Å². The van der Waals surface area contributed by atoms with E-state index in [1.807, 2.05) is 27.5 Å². The Balaban J connectivity index is 2.18. The molecule has 1 aliphatic heterocycles. The maximum absolute atomic E-state index is 11.2. The molecule has 0 aromatic heterocycles. The van der Waals surface area contributed by atoms with Crippen LogP contribution in [0.15, 0.2) is 0 Å². The first-order chi connectivity index (χ1) is 7.41. The average molecular weight is 361 g/mol. The van der Waals surface area contributed by atoms with Crippen LogP contribution >= 0.6 is 22.6 Å². The molecule has 0 aromatic carbocycles. The number of carbonyl (C=O) groups is 1. The van der Waals surface area contributed by atoms with Gasteiger partial charge in [-0.3, -0.25) is 9.69 Å². The topological polar surface area (TPSA) is 63.7 Å². The third-order valence-corrected chi connectivity index (χ3v) is 4.53. The van der Waals surface area contributed by atoms with Gasteiger partial charge in [-0.2, -0.15) is 0 Å². The van der Waals surface area contributed by atoms with E-state index in [9.17, 15) is 13.2 Å². The van der Waals surface area contributed by atoms with Crippen molar-refractivity contribution in [3.63, 3.8) is 0 Å². The third-order valence-electron chi connectivity index (χ3n) is 2.41. The van der Waals surface area contributed by atoms with Crippen LogP contribution < -0.4 is 0 Å². The maximum Gasteiger partial charge on any atom is 0.318 e. The van der Waals surface area contributed by atoms with E-state index in [0.717, 1.165) is 0 Å². The molecule has 0 aliphatic carbocycles. The molecule has 5 nitrogen and oxygen atoms in total. The molecule has 1 atom stereocenters. The van der Waals surface area contributed by atoms with Crippen molar-refractivity contribution in [2.45, 2.75) is 10.8 Å². The largest absolute Gasteiger partial charge is 0.464 e. The standard InChI is InChI=1S/C9H16INO4S/c1-8(10)9(12)15-5-2-11-3-6-16(13,14)7-4-11/h8H,2-7H2,1H3. The fraction of sp³-hybridized carbons (Fsp3) is 0.889. The number of esters is 1. The van der Waals surface area contributed by atoms with Gasteiger partial charge in [0.25, 0.3) is 0 Å². The Labute approximate surface area is 110 Å². The minimum absolute atomic E-state index is 0.140. The Morgan fingerprint density at radius 2 is 2.00 bits per heavy atom. The Morgan fingerprint density at radius 1 is 1.44 bits per heavy atom. The van der Waals surface area contributed by atoms with Crippen molar-refractivity contribution in [3.8, 4) is 0 Å².